The number of rotatable bonds is 10. The van der Waals surface area contributed by atoms with Crippen molar-refractivity contribution in [3.8, 4) is 0 Å². The van der Waals surface area contributed by atoms with Gasteiger partial charge in [0.05, 0.1) is 6.61 Å². The van der Waals surface area contributed by atoms with Gasteiger partial charge < -0.3 is 25.0 Å². The van der Waals surface area contributed by atoms with Gasteiger partial charge >= 0.3 is 0 Å². The van der Waals surface area contributed by atoms with Crippen LogP contribution in [0.4, 0.5) is 0 Å². The monoisotopic (exact) mass is 353 g/mol. The largest absolute Gasteiger partial charge is 0.394 e. The number of ether oxygens (including phenoxy) is 1. The number of carbonyl (C=O) groups is 1. The number of Topliss-reactive ketones (excluding diaryl/α,β-unsaturated/α-hetero) is 1. The Bertz CT molecular complexity index is 490. The van der Waals surface area contributed by atoms with Crippen LogP contribution in [0.5, 0.6) is 0 Å². The maximum Gasteiger partial charge on any atom is 0.162 e. The van der Waals surface area contributed by atoms with Gasteiger partial charge in [-0.05, 0) is 12.8 Å². The number of hydrogen-bond donors (Lipinski definition) is 3. The van der Waals surface area contributed by atoms with Gasteiger partial charge in [0.2, 0.25) is 0 Å². The maximum absolute atomic E-state index is 12.4. The maximum atomic E-state index is 12.4. The fourth-order valence-electron chi connectivity index (χ4n) is 3.27. The van der Waals surface area contributed by atoms with E-state index >= 15 is 0 Å². The lowest BCUT2D eigenvalue weighted by atomic mass is 10.0. The van der Waals surface area contributed by atoms with Crippen LogP contribution in [0.2, 0.25) is 0 Å². The summed E-state index contributed by atoms with van der Waals surface area (Å²) in [6.07, 6.45) is 9.37. The number of unbranched alkanes of at least 4 members (excludes halogenated alkanes) is 5. The van der Waals surface area contributed by atoms with E-state index in [4.69, 9.17) is 4.74 Å². The third-order valence-electron chi connectivity index (χ3n) is 4.85. The Labute approximate surface area is 149 Å². The van der Waals surface area contributed by atoms with E-state index in [1.165, 1.54) is 25.7 Å². The molecular formula is C19H31NO5. The zero-order valence-electron chi connectivity index (χ0n) is 15.0. The number of aliphatic hydroxyl groups is 3. The van der Waals surface area contributed by atoms with Gasteiger partial charge in [-0.15, -0.1) is 0 Å². The number of carbonyl (C=O) groups excluding carboxylic acids is 1. The van der Waals surface area contributed by atoms with Gasteiger partial charge in [0.25, 0.3) is 0 Å². The molecule has 0 spiro atoms. The Morgan fingerprint density at radius 3 is 2.60 bits per heavy atom. The van der Waals surface area contributed by atoms with Crippen LogP contribution in [0.25, 0.3) is 0 Å². The van der Waals surface area contributed by atoms with Crippen LogP contribution in [0.15, 0.2) is 24.0 Å². The molecule has 0 aliphatic carbocycles. The molecular weight excluding hydrogens is 322 g/mol. The predicted octanol–water partition coefficient (Wildman–Crippen LogP) is 1.85. The van der Waals surface area contributed by atoms with Crippen molar-refractivity contribution in [1.29, 1.82) is 0 Å². The highest BCUT2D eigenvalue weighted by molar-refractivity contribution is 5.95. The summed E-state index contributed by atoms with van der Waals surface area (Å²) in [5, 5.41) is 29.2. The van der Waals surface area contributed by atoms with Gasteiger partial charge in [0.1, 0.15) is 18.3 Å². The molecule has 1 fully saturated rings. The summed E-state index contributed by atoms with van der Waals surface area (Å²) in [6.45, 7) is 1.82. The van der Waals surface area contributed by atoms with E-state index in [1.54, 1.807) is 17.3 Å². The molecule has 0 aromatic carbocycles. The lowest BCUT2D eigenvalue weighted by Crippen LogP contribution is -2.40. The van der Waals surface area contributed by atoms with E-state index in [1.807, 2.05) is 6.08 Å². The van der Waals surface area contributed by atoms with Gasteiger partial charge in [-0.3, -0.25) is 4.79 Å². The molecule has 142 valence electrons. The summed E-state index contributed by atoms with van der Waals surface area (Å²) in [7, 11) is 0. The molecule has 0 aromatic heterocycles. The van der Waals surface area contributed by atoms with Crippen molar-refractivity contribution in [3.05, 3.63) is 24.0 Å². The molecule has 6 heteroatoms. The van der Waals surface area contributed by atoms with E-state index in [9.17, 15) is 20.1 Å². The van der Waals surface area contributed by atoms with Crippen molar-refractivity contribution in [1.82, 2.24) is 4.90 Å². The Morgan fingerprint density at radius 1 is 1.20 bits per heavy atom. The van der Waals surface area contributed by atoms with E-state index < -0.39 is 24.5 Å². The van der Waals surface area contributed by atoms with E-state index in [0.717, 1.165) is 12.8 Å². The minimum atomic E-state index is -1.14. The van der Waals surface area contributed by atoms with Crippen LogP contribution in [-0.4, -0.2) is 57.1 Å². The number of nitrogens with zero attached hydrogens (tertiary/aromatic N) is 1. The topological polar surface area (TPSA) is 90.2 Å². The first-order valence-corrected chi connectivity index (χ1v) is 9.39. The standard InChI is InChI=1S/C19H31NO5/c1-2-3-4-5-6-7-10-15(22)14-9-8-11-20(12-14)19-18(24)17(23)16(13-21)25-19/h8,11-12,16-19,21,23-24H,2-7,9-10,13H2,1H3/t16-,17+,18?,19-/m1/s1. The highest BCUT2D eigenvalue weighted by atomic mass is 16.6. The van der Waals surface area contributed by atoms with Crippen LogP contribution >= 0.6 is 0 Å². The van der Waals surface area contributed by atoms with Gasteiger partial charge in [0.15, 0.2) is 12.0 Å². The molecule has 3 N–H and O–H groups in total. The van der Waals surface area contributed by atoms with Gasteiger partial charge in [-0.25, -0.2) is 0 Å². The Balaban J connectivity index is 1.85. The minimum absolute atomic E-state index is 0.122. The predicted molar refractivity (Wildman–Crippen MR) is 94.4 cm³/mol. The first-order chi connectivity index (χ1) is 12.1. The first-order valence-electron chi connectivity index (χ1n) is 9.39. The number of hydrogen-bond acceptors (Lipinski definition) is 6. The molecule has 2 heterocycles. The molecule has 2 aliphatic rings. The summed E-state index contributed by atoms with van der Waals surface area (Å²) in [5.74, 6) is 0.122. The summed E-state index contributed by atoms with van der Waals surface area (Å²) >= 11 is 0. The summed E-state index contributed by atoms with van der Waals surface area (Å²) in [6, 6.07) is 0. The first kappa shape index (κ1) is 20.1. The van der Waals surface area contributed by atoms with Crippen LogP contribution in [0.3, 0.4) is 0 Å². The lowest BCUT2D eigenvalue weighted by Gasteiger charge is -2.29. The van der Waals surface area contributed by atoms with Gasteiger partial charge in [-0.2, -0.15) is 0 Å². The highest BCUT2D eigenvalue weighted by Crippen LogP contribution is 2.27. The molecule has 4 atom stereocenters. The summed E-state index contributed by atoms with van der Waals surface area (Å²) < 4.78 is 5.51. The molecule has 2 rings (SSSR count). The second-order valence-electron chi connectivity index (χ2n) is 6.86. The minimum Gasteiger partial charge on any atom is -0.394 e. The number of ketones is 1. The molecule has 6 nitrogen and oxygen atoms in total. The van der Waals surface area contributed by atoms with Crippen molar-refractivity contribution in [2.45, 2.75) is 82.8 Å². The molecule has 0 bridgehead atoms. The zero-order chi connectivity index (χ0) is 18.2. The average molecular weight is 353 g/mol. The second-order valence-corrected chi connectivity index (χ2v) is 6.86. The lowest BCUT2D eigenvalue weighted by molar-refractivity contribution is -0.116. The second kappa shape index (κ2) is 10.1. The highest BCUT2D eigenvalue weighted by Gasteiger charge is 2.44. The van der Waals surface area contributed by atoms with Crippen LogP contribution in [0.1, 0.15) is 58.3 Å². The van der Waals surface area contributed by atoms with Crippen molar-refractivity contribution in [3.63, 3.8) is 0 Å². The van der Waals surface area contributed by atoms with Crippen molar-refractivity contribution < 1.29 is 24.9 Å². The van der Waals surface area contributed by atoms with E-state index in [2.05, 4.69) is 6.92 Å². The Kier molecular flexibility index (Phi) is 8.09. The summed E-state index contributed by atoms with van der Waals surface area (Å²) in [5.41, 5.74) is 0.689. The van der Waals surface area contributed by atoms with Crippen LogP contribution in [-0.2, 0) is 9.53 Å². The molecule has 0 radical (unpaired) electrons. The van der Waals surface area contributed by atoms with Gasteiger partial charge in [-0.1, -0.05) is 45.1 Å². The number of allylic oxidation sites excluding steroid dienone is 2. The fraction of sp³-hybridized carbons (Fsp3) is 0.737. The van der Waals surface area contributed by atoms with Crippen LogP contribution < -0.4 is 0 Å². The zero-order valence-corrected chi connectivity index (χ0v) is 15.0. The average Bonchev–Trinajstić information content (AvgIpc) is 2.92. The third-order valence-corrected chi connectivity index (χ3v) is 4.85. The van der Waals surface area contributed by atoms with Gasteiger partial charge in [0, 0.05) is 24.4 Å². The fourth-order valence-corrected chi connectivity index (χ4v) is 3.27. The van der Waals surface area contributed by atoms with Crippen molar-refractivity contribution in [2.24, 2.45) is 0 Å². The molecule has 0 amide bonds. The molecule has 0 saturated carbocycles. The van der Waals surface area contributed by atoms with E-state index in [0.29, 0.717) is 18.4 Å². The number of aliphatic hydroxyl groups excluding tert-OH is 3. The quantitative estimate of drug-likeness (QED) is 0.519. The Morgan fingerprint density at radius 2 is 1.92 bits per heavy atom. The normalized spacial score (nSPS) is 29.1. The van der Waals surface area contributed by atoms with Crippen LogP contribution in [0, 0.1) is 0 Å². The molecule has 1 unspecified atom stereocenters. The molecule has 0 aromatic rings. The molecule has 1 saturated heterocycles. The molecule has 25 heavy (non-hydrogen) atoms. The smallest absolute Gasteiger partial charge is 0.162 e. The van der Waals surface area contributed by atoms with Crippen molar-refractivity contribution in [2.75, 3.05) is 6.61 Å². The Hall–Kier alpha value is -1.21. The summed E-state index contributed by atoms with van der Waals surface area (Å²) in [4.78, 5) is 14.0. The SMILES string of the molecule is CCCCCCCCC(=O)C1=CN([C@@H]2O[C@H](CO)[C@H](O)C2O)C=CC1. The van der Waals surface area contributed by atoms with Crippen molar-refractivity contribution >= 4 is 5.78 Å². The van der Waals surface area contributed by atoms with E-state index in [-0.39, 0.29) is 12.4 Å². The third kappa shape index (κ3) is 5.38. The molecule has 2 aliphatic heterocycles.